The highest BCUT2D eigenvalue weighted by Crippen LogP contribution is 2.14. The number of nitrogens with zero attached hydrogens (tertiary/aromatic N) is 1. The molecule has 5 nitrogen and oxygen atoms in total. The SMILES string of the molecule is CCCNc1cc(S(=O)(=O)NC(C)CCSC)ccn1. The van der Waals surface area contributed by atoms with Crippen LogP contribution in [0.25, 0.3) is 0 Å². The lowest BCUT2D eigenvalue weighted by atomic mass is 10.3. The van der Waals surface area contributed by atoms with Gasteiger partial charge in [-0.25, -0.2) is 18.1 Å². The molecular formula is C13H23N3O2S2. The van der Waals surface area contributed by atoms with E-state index in [4.69, 9.17) is 0 Å². The van der Waals surface area contributed by atoms with Gasteiger partial charge >= 0.3 is 0 Å². The Balaban J connectivity index is 2.76. The van der Waals surface area contributed by atoms with Crippen LogP contribution >= 0.6 is 11.8 Å². The Morgan fingerprint density at radius 2 is 2.20 bits per heavy atom. The first-order valence-corrected chi connectivity index (χ1v) is 9.58. The molecule has 0 spiro atoms. The Morgan fingerprint density at radius 3 is 2.85 bits per heavy atom. The number of pyridine rings is 1. The molecule has 1 unspecified atom stereocenters. The van der Waals surface area contributed by atoms with Gasteiger partial charge in [-0.2, -0.15) is 11.8 Å². The predicted molar refractivity (Wildman–Crippen MR) is 85.8 cm³/mol. The minimum Gasteiger partial charge on any atom is -0.370 e. The Hall–Kier alpha value is -0.790. The van der Waals surface area contributed by atoms with Crippen molar-refractivity contribution in [2.45, 2.75) is 37.6 Å². The first-order chi connectivity index (χ1) is 9.49. The molecule has 20 heavy (non-hydrogen) atoms. The van der Waals surface area contributed by atoms with Crippen LogP contribution in [0.4, 0.5) is 5.82 Å². The third-order valence-corrected chi connectivity index (χ3v) is 4.94. The minimum atomic E-state index is -3.48. The van der Waals surface area contributed by atoms with Crippen LogP contribution < -0.4 is 10.0 Å². The first kappa shape index (κ1) is 17.3. The van der Waals surface area contributed by atoms with E-state index in [1.165, 1.54) is 12.3 Å². The maximum absolute atomic E-state index is 12.3. The minimum absolute atomic E-state index is 0.0762. The predicted octanol–water partition coefficient (Wildman–Crippen LogP) is 2.32. The summed E-state index contributed by atoms with van der Waals surface area (Å²) >= 11 is 1.71. The van der Waals surface area contributed by atoms with Crippen LogP contribution in [-0.4, -0.2) is 38.0 Å². The molecule has 0 saturated carbocycles. The highest BCUT2D eigenvalue weighted by Gasteiger charge is 2.17. The van der Waals surface area contributed by atoms with Gasteiger partial charge in [0.15, 0.2) is 0 Å². The van der Waals surface area contributed by atoms with Gasteiger partial charge in [-0.1, -0.05) is 6.92 Å². The molecule has 1 rings (SSSR count). The van der Waals surface area contributed by atoms with E-state index < -0.39 is 10.0 Å². The molecule has 7 heteroatoms. The quantitative estimate of drug-likeness (QED) is 0.731. The highest BCUT2D eigenvalue weighted by molar-refractivity contribution is 7.98. The van der Waals surface area contributed by atoms with Crippen molar-refractivity contribution in [3.05, 3.63) is 18.3 Å². The van der Waals surface area contributed by atoms with Crippen molar-refractivity contribution in [2.75, 3.05) is 23.9 Å². The summed E-state index contributed by atoms with van der Waals surface area (Å²) in [5, 5.41) is 3.09. The second-order valence-corrected chi connectivity index (χ2v) is 7.31. The lowest BCUT2D eigenvalue weighted by Crippen LogP contribution is -2.33. The van der Waals surface area contributed by atoms with Crippen molar-refractivity contribution >= 4 is 27.6 Å². The molecule has 0 fully saturated rings. The summed E-state index contributed by atoms with van der Waals surface area (Å²) in [7, 11) is -3.48. The summed E-state index contributed by atoms with van der Waals surface area (Å²) in [6.45, 7) is 4.70. The molecular weight excluding hydrogens is 294 g/mol. The second-order valence-electron chi connectivity index (χ2n) is 4.61. The van der Waals surface area contributed by atoms with Crippen LogP contribution in [0.5, 0.6) is 0 Å². The van der Waals surface area contributed by atoms with Crippen LogP contribution in [0, 0.1) is 0 Å². The fraction of sp³-hybridized carbons (Fsp3) is 0.615. The van der Waals surface area contributed by atoms with E-state index in [2.05, 4.69) is 15.0 Å². The van der Waals surface area contributed by atoms with Crippen molar-refractivity contribution in [3.63, 3.8) is 0 Å². The topological polar surface area (TPSA) is 71.1 Å². The average molecular weight is 317 g/mol. The van der Waals surface area contributed by atoms with Gasteiger partial charge in [0.25, 0.3) is 0 Å². The second kappa shape index (κ2) is 8.49. The summed E-state index contributed by atoms with van der Waals surface area (Å²) in [5.74, 6) is 1.52. The number of anilines is 1. The zero-order chi connectivity index (χ0) is 15.0. The Morgan fingerprint density at radius 1 is 1.45 bits per heavy atom. The lowest BCUT2D eigenvalue weighted by Gasteiger charge is -2.14. The standard InChI is InChI=1S/C13H23N3O2S2/c1-4-7-14-13-10-12(5-8-15-13)20(17,18)16-11(2)6-9-19-3/h5,8,10-11,16H,4,6-7,9H2,1-3H3,(H,14,15). The lowest BCUT2D eigenvalue weighted by molar-refractivity contribution is 0.557. The summed E-state index contributed by atoms with van der Waals surface area (Å²) in [6, 6.07) is 3.01. The molecule has 0 aliphatic rings. The monoisotopic (exact) mass is 317 g/mol. The van der Waals surface area contributed by atoms with Crippen molar-refractivity contribution < 1.29 is 8.42 Å². The van der Waals surface area contributed by atoms with Gasteiger partial charge < -0.3 is 5.32 Å². The van der Waals surface area contributed by atoms with Crippen molar-refractivity contribution in [1.29, 1.82) is 0 Å². The number of hydrogen-bond donors (Lipinski definition) is 2. The van der Waals surface area contributed by atoms with Crippen molar-refractivity contribution in [3.8, 4) is 0 Å². The van der Waals surface area contributed by atoms with E-state index in [-0.39, 0.29) is 10.9 Å². The van der Waals surface area contributed by atoms with Crippen LogP contribution in [-0.2, 0) is 10.0 Å². The maximum atomic E-state index is 12.3. The molecule has 0 saturated heterocycles. The van der Waals surface area contributed by atoms with E-state index in [9.17, 15) is 8.42 Å². The fourth-order valence-electron chi connectivity index (χ4n) is 1.61. The van der Waals surface area contributed by atoms with Gasteiger partial charge in [-0.05, 0) is 37.8 Å². The summed E-state index contributed by atoms with van der Waals surface area (Å²) in [5.41, 5.74) is 0. The average Bonchev–Trinajstić information content (AvgIpc) is 2.42. The molecule has 114 valence electrons. The molecule has 0 aliphatic heterocycles. The molecule has 0 radical (unpaired) electrons. The van der Waals surface area contributed by atoms with E-state index in [0.29, 0.717) is 5.82 Å². The number of nitrogens with one attached hydrogen (secondary N) is 2. The molecule has 0 amide bonds. The molecule has 1 aromatic heterocycles. The van der Waals surface area contributed by atoms with Crippen LogP contribution in [0.1, 0.15) is 26.7 Å². The molecule has 1 aromatic rings. The van der Waals surface area contributed by atoms with Crippen molar-refractivity contribution in [2.24, 2.45) is 0 Å². The van der Waals surface area contributed by atoms with E-state index in [0.717, 1.165) is 25.1 Å². The number of sulfonamides is 1. The Bertz CT molecular complexity index is 506. The molecule has 1 heterocycles. The van der Waals surface area contributed by atoms with Gasteiger partial charge in [0.2, 0.25) is 10.0 Å². The van der Waals surface area contributed by atoms with Gasteiger partial charge in [-0.15, -0.1) is 0 Å². The third kappa shape index (κ3) is 5.68. The third-order valence-electron chi connectivity index (χ3n) is 2.71. The smallest absolute Gasteiger partial charge is 0.240 e. The van der Waals surface area contributed by atoms with Crippen LogP contribution in [0.15, 0.2) is 23.2 Å². The van der Waals surface area contributed by atoms with Crippen LogP contribution in [0.2, 0.25) is 0 Å². The zero-order valence-corrected chi connectivity index (χ0v) is 13.9. The van der Waals surface area contributed by atoms with E-state index in [1.54, 1.807) is 17.8 Å². The molecule has 2 N–H and O–H groups in total. The van der Waals surface area contributed by atoms with E-state index in [1.807, 2.05) is 20.1 Å². The van der Waals surface area contributed by atoms with Gasteiger partial charge in [0, 0.05) is 24.8 Å². The number of rotatable bonds is 9. The van der Waals surface area contributed by atoms with E-state index >= 15 is 0 Å². The summed E-state index contributed by atoms with van der Waals surface area (Å²) in [4.78, 5) is 4.36. The summed E-state index contributed by atoms with van der Waals surface area (Å²) < 4.78 is 27.2. The zero-order valence-electron chi connectivity index (χ0n) is 12.2. The maximum Gasteiger partial charge on any atom is 0.240 e. The van der Waals surface area contributed by atoms with Gasteiger partial charge in [0.1, 0.15) is 5.82 Å². The number of aromatic nitrogens is 1. The number of thioether (sulfide) groups is 1. The molecule has 1 atom stereocenters. The molecule has 0 aliphatic carbocycles. The molecule has 0 aromatic carbocycles. The largest absolute Gasteiger partial charge is 0.370 e. The Kier molecular flexibility index (Phi) is 7.32. The Labute approximate surface area is 126 Å². The molecule has 0 bridgehead atoms. The fourth-order valence-corrected chi connectivity index (χ4v) is 3.49. The normalized spacial score (nSPS) is 13.2. The van der Waals surface area contributed by atoms with Crippen molar-refractivity contribution in [1.82, 2.24) is 9.71 Å². The van der Waals surface area contributed by atoms with Crippen LogP contribution in [0.3, 0.4) is 0 Å². The van der Waals surface area contributed by atoms with Gasteiger partial charge in [0.05, 0.1) is 4.90 Å². The number of hydrogen-bond acceptors (Lipinski definition) is 5. The first-order valence-electron chi connectivity index (χ1n) is 6.70. The highest BCUT2D eigenvalue weighted by atomic mass is 32.2. The van der Waals surface area contributed by atoms with Gasteiger partial charge in [-0.3, -0.25) is 0 Å². The summed E-state index contributed by atoms with van der Waals surface area (Å²) in [6.07, 6.45) is 5.30.